The number of hydrogen-bond donors (Lipinski definition) is 1. The zero-order chi connectivity index (χ0) is 7.78. The third kappa shape index (κ3) is 0.988. The normalized spacial score (nSPS) is 38.5. The molecule has 1 saturated carbocycles. The van der Waals surface area contributed by atoms with Gasteiger partial charge in [-0.05, 0) is 0 Å². The van der Waals surface area contributed by atoms with Crippen LogP contribution in [0.5, 0.6) is 0 Å². The molecule has 58 valence electrons. The van der Waals surface area contributed by atoms with Crippen LogP contribution in [0.3, 0.4) is 0 Å². The fraction of sp³-hybridized carbons (Fsp3) is 0.833. The van der Waals surface area contributed by atoms with E-state index in [2.05, 4.69) is 4.74 Å². The summed E-state index contributed by atoms with van der Waals surface area (Å²) in [6.45, 7) is 0. The van der Waals surface area contributed by atoms with Crippen molar-refractivity contribution in [2.45, 2.75) is 24.6 Å². The first-order chi connectivity index (χ1) is 4.58. The molecular formula is C6H9FO3. The van der Waals surface area contributed by atoms with Crippen molar-refractivity contribution in [1.82, 2.24) is 0 Å². The van der Waals surface area contributed by atoms with Crippen LogP contribution in [0.15, 0.2) is 0 Å². The Morgan fingerprint density at radius 1 is 1.80 bits per heavy atom. The van der Waals surface area contributed by atoms with Gasteiger partial charge in [0.2, 0.25) is 5.67 Å². The van der Waals surface area contributed by atoms with Crippen LogP contribution in [0.25, 0.3) is 0 Å². The molecule has 1 rings (SSSR count). The maximum atomic E-state index is 12.9. The Bertz CT molecular complexity index is 151. The lowest BCUT2D eigenvalue weighted by Gasteiger charge is -2.35. The molecule has 10 heavy (non-hydrogen) atoms. The van der Waals surface area contributed by atoms with Gasteiger partial charge in [0.1, 0.15) is 0 Å². The smallest absolute Gasteiger partial charge is 0.343 e. The SMILES string of the molecule is COC(=O)C1(F)CC(O)C1. The Kier molecular flexibility index (Phi) is 1.64. The first-order valence-corrected chi connectivity index (χ1v) is 3.04. The summed E-state index contributed by atoms with van der Waals surface area (Å²) >= 11 is 0. The maximum absolute atomic E-state index is 12.9. The molecule has 0 aromatic carbocycles. The number of rotatable bonds is 1. The van der Waals surface area contributed by atoms with E-state index in [0.717, 1.165) is 7.11 Å². The van der Waals surface area contributed by atoms with Crippen LogP contribution in [0.1, 0.15) is 12.8 Å². The third-order valence-electron chi connectivity index (χ3n) is 1.67. The predicted molar refractivity (Wildman–Crippen MR) is 31.1 cm³/mol. The van der Waals surface area contributed by atoms with Gasteiger partial charge in [-0.15, -0.1) is 0 Å². The average molecular weight is 148 g/mol. The Morgan fingerprint density at radius 2 is 2.30 bits per heavy atom. The predicted octanol–water partition coefficient (Wildman–Crippen LogP) is 0.0224. The van der Waals surface area contributed by atoms with Crippen LogP contribution in [0.4, 0.5) is 4.39 Å². The summed E-state index contributed by atoms with van der Waals surface area (Å²) in [4.78, 5) is 10.6. The van der Waals surface area contributed by atoms with Crippen molar-refractivity contribution in [3.05, 3.63) is 0 Å². The van der Waals surface area contributed by atoms with Crippen LogP contribution in [-0.2, 0) is 9.53 Å². The van der Waals surface area contributed by atoms with Crippen LogP contribution in [0.2, 0.25) is 0 Å². The minimum atomic E-state index is -1.91. The van der Waals surface area contributed by atoms with E-state index in [-0.39, 0.29) is 12.8 Å². The lowest BCUT2D eigenvalue weighted by Crippen LogP contribution is -2.50. The molecule has 0 amide bonds. The molecule has 0 aromatic rings. The standard InChI is InChI=1S/C6H9FO3/c1-10-5(9)6(7)2-4(8)3-6/h4,8H,2-3H2,1H3. The summed E-state index contributed by atoms with van der Waals surface area (Å²) in [7, 11) is 1.13. The number of ether oxygens (including phenoxy) is 1. The monoisotopic (exact) mass is 148 g/mol. The molecule has 1 aliphatic carbocycles. The van der Waals surface area contributed by atoms with Crippen molar-refractivity contribution in [3.8, 4) is 0 Å². The zero-order valence-electron chi connectivity index (χ0n) is 5.63. The Hall–Kier alpha value is -0.640. The highest BCUT2D eigenvalue weighted by Gasteiger charge is 2.51. The first-order valence-electron chi connectivity index (χ1n) is 3.04. The molecule has 0 heterocycles. The van der Waals surface area contributed by atoms with Crippen LogP contribution in [0, 0.1) is 0 Å². The lowest BCUT2D eigenvalue weighted by molar-refractivity contribution is -0.169. The molecule has 0 bridgehead atoms. The summed E-state index contributed by atoms with van der Waals surface area (Å²) in [5.74, 6) is -0.877. The van der Waals surface area contributed by atoms with E-state index in [1.54, 1.807) is 0 Å². The van der Waals surface area contributed by atoms with E-state index in [9.17, 15) is 9.18 Å². The van der Waals surface area contributed by atoms with E-state index in [1.165, 1.54) is 0 Å². The molecule has 0 saturated heterocycles. The second-order valence-electron chi connectivity index (χ2n) is 2.52. The second-order valence-corrected chi connectivity index (χ2v) is 2.52. The molecule has 4 heteroatoms. The third-order valence-corrected chi connectivity index (χ3v) is 1.67. The molecule has 0 radical (unpaired) electrons. The van der Waals surface area contributed by atoms with Gasteiger partial charge < -0.3 is 9.84 Å². The van der Waals surface area contributed by atoms with Crippen molar-refractivity contribution in [2.24, 2.45) is 0 Å². The zero-order valence-corrected chi connectivity index (χ0v) is 5.63. The molecule has 0 aromatic heterocycles. The molecular weight excluding hydrogens is 139 g/mol. The van der Waals surface area contributed by atoms with Crippen molar-refractivity contribution in [1.29, 1.82) is 0 Å². The molecule has 0 aliphatic heterocycles. The Balaban J connectivity index is 2.48. The highest BCUT2D eigenvalue weighted by molar-refractivity contribution is 5.80. The highest BCUT2D eigenvalue weighted by atomic mass is 19.1. The van der Waals surface area contributed by atoms with Crippen LogP contribution in [-0.4, -0.2) is 30.0 Å². The summed E-state index contributed by atoms with van der Waals surface area (Å²) < 4.78 is 17.1. The highest BCUT2D eigenvalue weighted by Crippen LogP contribution is 2.36. The molecule has 0 spiro atoms. The summed E-state index contributed by atoms with van der Waals surface area (Å²) in [6, 6.07) is 0. The number of methoxy groups -OCH3 is 1. The largest absolute Gasteiger partial charge is 0.467 e. The van der Waals surface area contributed by atoms with Gasteiger partial charge in [0.05, 0.1) is 13.2 Å². The fourth-order valence-corrected chi connectivity index (χ4v) is 1.04. The Morgan fingerprint density at radius 3 is 2.60 bits per heavy atom. The number of aliphatic hydroxyl groups is 1. The van der Waals surface area contributed by atoms with Gasteiger partial charge in [0.25, 0.3) is 0 Å². The van der Waals surface area contributed by atoms with Crippen molar-refractivity contribution < 1.29 is 19.0 Å². The van der Waals surface area contributed by atoms with E-state index in [4.69, 9.17) is 5.11 Å². The molecule has 3 nitrogen and oxygen atoms in total. The number of alkyl halides is 1. The second kappa shape index (κ2) is 2.20. The van der Waals surface area contributed by atoms with E-state index >= 15 is 0 Å². The van der Waals surface area contributed by atoms with Crippen molar-refractivity contribution in [2.75, 3.05) is 7.11 Å². The number of carbonyl (C=O) groups excluding carboxylic acids is 1. The van der Waals surface area contributed by atoms with Gasteiger partial charge in [0.15, 0.2) is 0 Å². The van der Waals surface area contributed by atoms with Gasteiger partial charge in [0, 0.05) is 12.8 Å². The topological polar surface area (TPSA) is 46.5 Å². The maximum Gasteiger partial charge on any atom is 0.343 e. The number of aliphatic hydroxyl groups excluding tert-OH is 1. The minimum Gasteiger partial charge on any atom is -0.467 e. The first kappa shape index (κ1) is 7.47. The van der Waals surface area contributed by atoms with Crippen LogP contribution >= 0.6 is 0 Å². The van der Waals surface area contributed by atoms with Crippen molar-refractivity contribution in [3.63, 3.8) is 0 Å². The lowest BCUT2D eigenvalue weighted by atomic mass is 9.79. The summed E-state index contributed by atoms with van der Waals surface area (Å²) in [6.07, 6.45) is -0.927. The summed E-state index contributed by atoms with van der Waals surface area (Å²) in [5, 5.41) is 8.68. The van der Waals surface area contributed by atoms with Gasteiger partial charge in [-0.25, -0.2) is 9.18 Å². The number of esters is 1. The number of halogens is 1. The van der Waals surface area contributed by atoms with E-state index in [0.29, 0.717) is 0 Å². The average Bonchev–Trinajstić information content (AvgIpc) is 1.83. The van der Waals surface area contributed by atoms with Crippen LogP contribution < -0.4 is 0 Å². The molecule has 0 atom stereocenters. The molecule has 1 fully saturated rings. The molecule has 1 N–H and O–H groups in total. The molecule has 0 unspecified atom stereocenters. The number of carbonyl (C=O) groups is 1. The van der Waals surface area contributed by atoms with Crippen molar-refractivity contribution >= 4 is 5.97 Å². The van der Waals surface area contributed by atoms with Gasteiger partial charge in [-0.3, -0.25) is 0 Å². The minimum absolute atomic E-state index is 0.125. The van der Waals surface area contributed by atoms with Gasteiger partial charge >= 0.3 is 5.97 Å². The molecule has 1 aliphatic rings. The summed E-state index contributed by atoms with van der Waals surface area (Å²) in [5.41, 5.74) is -1.91. The quantitative estimate of drug-likeness (QED) is 0.533. The number of hydrogen-bond acceptors (Lipinski definition) is 3. The Labute approximate surface area is 57.8 Å². The fourth-order valence-electron chi connectivity index (χ4n) is 1.04. The van der Waals surface area contributed by atoms with Gasteiger partial charge in [-0.2, -0.15) is 0 Å². The van der Waals surface area contributed by atoms with E-state index in [1.807, 2.05) is 0 Å². The van der Waals surface area contributed by atoms with E-state index < -0.39 is 17.7 Å². The van der Waals surface area contributed by atoms with Gasteiger partial charge in [-0.1, -0.05) is 0 Å².